The highest BCUT2D eigenvalue weighted by molar-refractivity contribution is 7.98. The minimum atomic E-state index is 0.302. The molecule has 0 amide bonds. The van der Waals surface area contributed by atoms with Crippen LogP contribution in [0.5, 0.6) is 11.5 Å². The summed E-state index contributed by atoms with van der Waals surface area (Å²) in [5, 5.41) is 4.45. The zero-order valence-corrected chi connectivity index (χ0v) is 20.5. The van der Waals surface area contributed by atoms with Crippen molar-refractivity contribution in [1.82, 2.24) is 24.2 Å². The Morgan fingerprint density at radius 2 is 1.97 bits per heavy atom. The van der Waals surface area contributed by atoms with Gasteiger partial charge in [0, 0.05) is 48.5 Å². The molecule has 3 heterocycles. The van der Waals surface area contributed by atoms with Crippen molar-refractivity contribution in [2.24, 2.45) is 0 Å². The van der Waals surface area contributed by atoms with Crippen molar-refractivity contribution in [3.05, 3.63) is 72.3 Å². The SMILES string of the molecule is CSc1ccc(CN(CCCNCc2ccc3c(c2)OCO3)c2nc(-n3ccnc3)ns2)cc1. The van der Waals surface area contributed by atoms with E-state index in [1.165, 1.54) is 27.6 Å². The van der Waals surface area contributed by atoms with E-state index in [-0.39, 0.29) is 0 Å². The summed E-state index contributed by atoms with van der Waals surface area (Å²) in [7, 11) is 0. The minimum absolute atomic E-state index is 0.302. The van der Waals surface area contributed by atoms with E-state index in [9.17, 15) is 0 Å². The third kappa shape index (κ3) is 5.52. The molecule has 0 unspecified atom stereocenters. The Morgan fingerprint density at radius 1 is 1.12 bits per heavy atom. The number of nitrogens with zero attached hydrogens (tertiary/aromatic N) is 5. The van der Waals surface area contributed by atoms with Gasteiger partial charge in [-0.1, -0.05) is 18.2 Å². The Hall–Kier alpha value is -3.08. The first kappa shape index (κ1) is 22.7. The molecular formula is C24H26N6O2S2. The molecule has 0 bridgehead atoms. The van der Waals surface area contributed by atoms with E-state index in [1.54, 1.807) is 24.3 Å². The first-order chi connectivity index (χ1) is 16.8. The van der Waals surface area contributed by atoms with Gasteiger partial charge in [0.05, 0.1) is 0 Å². The van der Waals surface area contributed by atoms with Crippen LogP contribution < -0.4 is 19.7 Å². The Morgan fingerprint density at radius 3 is 2.79 bits per heavy atom. The molecule has 34 heavy (non-hydrogen) atoms. The van der Waals surface area contributed by atoms with Crippen molar-refractivity contribution in [3.63, 3.8) is 0 Å². The average Bonchev–Trinajstić information content (AvgIpc) is 3.64. The molecular weight excluding hydrogens is 468 g/mol. The molecule has 1 N–H and O–H groups in total. The second-order valence-electron chi connectivity index (χ2n) is 7.83. The number of hydrogen-bond donors (Lipinski definition) is 1. The lowest BCUT2D eigenvalue weighted by Gasteiger charge is -2.22. The molecule has 0 aliphatic carbocycles. The maximum absolute atomic E-state index is 5.47. The van der Waals surface area contributed by atoms with Crippen LogP contribution in [-0.4, -0.2) is 45.0 Å². The highest BCUT2D eigenvalue weighted by Gasteiger charge is 2.15. The van der Waals surface area contributed by atoms with Crippen molar-refractivity contribution in [2.45, 2.75) is 24.4 Å². The first-order valence-corrected chi connectivity index (χ1v) is 13.1. The zero-order chi connectivity index (χ0) is 23.2. The number of hydrogen-bond acceptors (Lipinski definition) is 9. The standard InChI is InChI=1S/C24H26N6O2S2/c1-33-20-6-3-18(4-7-20)15-29(24-27-23(28-34-24)30-12-10-26-16-30)11-2-9-25-14-19-5-8-21-22(13-19)32-17-31-21/h3-8,10,12-13,16,25H,2,9,11,14-15,17H2,1H3. The molecule has 5 rings (SSSR count). The van der Waals surface area contributed by atoms with Gasteiger partial charge in [-0.15, -0.1) is 11.8 Å². The van der Waals surface area contributed by atoms with Gasteiger partial charge in [-0.2, -0.15) is 9.36 Å². The molecule has 2 aromatic heterocycles. The number of imidazole rings is 1. The molecule has 0 fully saturated rings. The van der Waals surface area contributed by atoms with Gasteiger partial charge < -0.3 is 19.7 Å². The molecule has 0 saturated heterocycles. The van der Waals surface area contributed by atoms with Crippen LogP contribution in [0, 0.1) is 0 Å². The van der Waals surface area contributed by atoms with Crippen molar-refractivity contribution in [1.29, 1.82) is 0 Å². The van der Waals surface area contributed by atoms with E-state index in [2.05, 4.69) is 56.2 Å². The van der Waals surface area contributed by atoms with E-state index in [0.717, 1.165) is 49.2 Å². The Labute approximate surface area is 207 Å². The van der Waals surface area contributed by atoms with Crippen LogP contribution in [0.1, 0.15) is 17.5 Å². The van der Waals surface area contributed by atoms with E-state index in [4.69, 9.17) is 14.5 Å². The average molecular weight is 495 g/mol. The highest BCUT2D eigenvalue weighted by Crippen LogP contribution is 2.32. The lowest BCUT2D eigenvalue weighted by atomic mass is 10.2. The second kappa shape index (κ2) is 10.9. The first-order valence-electron chi connectivity index (χ1n) is 11.1. The van der Waals surface area contributed by atoms with Gasteiger partial charge in [0.15, 0.2) is 11.5 Å². The number of aromatic nitrogens is 4. The van der Waals surface area contributed by atoms with Crippen LogP contribution in [0.4, 0.5) is 5.13 Å². The Balaban J connectivity index is 1.20. The molecule has 0 spiro atoms. The van der Waals surface area contributed by atoms with Crippen LogP contribution in [-0.2, 0) is 13.1 Å². The molecule has 176 valence electrons. The van der Waals surface area contributed by atoms with Gasteiger partial charge in [0.1, 0.15) is 6.33 Å². The normalized spacial score (nSPS) is 12.3. The van der Waals surface area contributed by atoms with Crippen LogP contribution >= 0.6 is 23.3 Å². The summed E-state index contributed by atoms with van der Waals surface area (Å²) in [6.07, 6.45) is 8.39. The fraction of sp³-hybridized carbons (Fsp3) is 0.292. The summed E-state index contributed by atoms with van der Waals surface area (Å²) in [4.78, 5) is 12.4. The smallest absolute Gasteiger partial charge is 0.248 e. The Bertz CT molecular complexity index is 1200. The van der Waals surface area contributed by atoms with E-state index in [0.29, 0.717) is 12.7 Å². The number of fused-ring (bicyclic) bond motifs is 1. The van der Waals surface area contributed by atoms with Gasteiger partial charge in [0.2, 0.25) is 17.9 Å². The number of thioether (sulfide) groups is 1. The van der Waals surface area contributed by atoms with Crippen LogP contribution in [0.25, 0.3) is 5.95 Å². The van der Waals surface area contributed by atoms with Gasteiger partial charge in [-0.3, -0.25) is 4.57 Å². The third-order valence-electron chi connectivity index (χ3n) is 5.49. The Kier molecular flexibility index (Phi) is 7.28. The molecule has 1 aliphatic heterocycles. The van der Waals surface area contributed by atoms with E-state index < -0.39 is 0 Å². The van der Waals surface area contributed by atoms with E-state index in [1.807, 2.05) is 22.9 Å². The quantitative estimate of drug-likeness (QED) is 0.243. The van der Waals surface area contributed by atoms with Gasteiger partial charge >= 0.3 is 0 Å². The summed E-state index contributed by atoms with van der Waals surface area (Å²) >= 11 is 3.17. The fourth-order valence-electron chi connectivity index (χ4n) is 3.69. The molecule has 2 aromatic carbocycles. The fourth-order valence-corrected chi connectivity index (χ4v) is 4.79. The largest absolute Gasteiger partial charge is 0.454 e. The van der Waals surface area contributed by atoms with Gasteiger partial charge in [-0.05, 0) is 54.6 Å². The summed E-state index contributed by atoms with van der Waals surface area (Å²) in [5.41, 5.74) is 2.44. The molecule has 0 saturated carbocycles. The molecule has 4 aromatic rings. The van der Waals surface area contributed by atoms with Crippen molar-refractivity contribution < 1.29 is 9.47 Å². The summed E-state index contributed by atoms with van der Waals surface area (Å²) in [6.45, 7) is 3.64. The zero-order valence-electron chi connectivity index (χ0n) is 18.9. The molecule has 10 heteroatoms. The lowest BCUT2D eigenvalue weighted by molar-refractivity contribution is 0.174. The number of anilines is 1. The third-order valence-corrected chi connectivity index (χ3v) is 7.00. The predicted octanol–water partition coefficient (Wildman–Crippen LogP) is 4.36. The van der Waals surface area contributed by atoms with Gasteiger partial charge in [0.25, 0.3) is 0 Å². The predicted molar refractivity (Wildman–Crippen MR) is 135 cm³/mol. The minimum Gasteiger partial charge on any atom is -0.454 e. The maximum atomic E-state index is 5.47. The summed E-state index contributed by atoms with van der Waals surface area (Å²) in [5.74, 6) is 2.29. The van der Waals surface area contributed by atoms with Gasteiger partial charge in [-0.25, -0.2) is 4.98 Å². The second-order valence-corrected chi connectivity index (χ2v) is 9.44. The molecule has 1 aliphatic rings. The van der Waals surface area contributed by atoms with Crippen LogP contribution in [0.2, 0.25) is 0 Å². The topological polar surface area (TPSA) is 77.3 Å². The van der Waals surface area contributed by atoms with Crippen LogP contribution in [0.3, 0.4) is 0 Å². The van der Waals surface area contributed by atoms with Crippen molar-refractivity contribution >= 4 is 28.4 Å². The molecule has 8 nitrogen and oxygen atoms in total. The molecule has 0 atom stereocenters. The number of rotatable bonds is 11. The monoisotopic (exact) mass is 494 g/mol. The summed E-state index contributed by atoms with van der Waals surface area (Å²) < 4.78 is 17.2. The number of nitrogens with one attached hydrogen (secondary N) is 1. The van der Waals surface area contributed by atoms with E-state index >= 15 is 0 Å². The molecule has 0 radical (unpaired) electrons. The number of benzene rings is 2. The highest BCUT2D eigenvalue weighted by atomic mass is 32.2. The maximum Gasteiger partial charge on any atom is 0.248 e. The van der Waals surface area contributed by atoms with Crippen molar-refractivity contribution in [3.8, 4) is 17.4 Å². The van der Waals surface area contributed by atoms with Crippen molar-refractivity contribution in [2.75, 3.05) is 31.0 Å². The lowest BCUT2D eigenvalue weighted by Crippen LogP contribution is -2.27. The number of ether oxygens (including phenoxy) is 2. The summed E-state index contributed by atoms with van der Waals surface area (Å²) in [6, 6.07) is 14.8. The van der Waals surface area contributed by atoms with Crippen LogP contribution in [0.15, 0.2) is 66.1 Å².